The minimum atomic E-state index is 0.865. The summed E-state index contributed by atoms with van der Waals surface area (Å²) in [6.45, 7) is 0. The Morgan fingerprint density at radius 1 is 0.415 bits per heavy atom. The maximum absolute atomic E-state index is 5.36. The topological polar surface area (TPSA) is 35.6 Å². The van der Waals surface area contributed by atoms with Crippen LogP contribution in [0.3, 0.4) is 0 Å². The van der Waals surface area contributed by atoms with Gasteiger partial charge in [-0.2, -0.15) is 0 Å². The van der Waals surface area contributed by atoms with Crippen LogP contribution in [0.4, 0.5) is 0 Å². The molecule has 0 aliphatic carbocycles. The molecule has 4 nitrogen and oxygen atoms in total. The molecule has 0 unspecified atom stereocenters. The zero-order valence-corrected chi connectivity index (χ0v) is 29.0. The van der Waals surface area contributed by atoms with E-state index >= 15 is 0 Å². The molecule has 0 radical (unpaired) electrons. The SMILES string of the molecule is c1ccc2c(c1)-c1nc3ccccc3nc1-n1c3ccc(-n4c5ccccc5c5c6ccccc6c6c7ccccc7sc6c54)cc3c3cccc-2c31. The van der Waals surface area contributed by atoms with Gasteiger partial charge in [0.25, 0.3) is 0 Å². The summed E-state index contributed by atoms with van der Waals surface area (Å²) < 4.78 is 7.51. The van der Waals surface area contributed by atoms with Gasteiger partial charge in [-0.15, -0.1) is 11.3 Å². The highest BCUT2D eigenvalue weighted by Gasteiger charge is 2.28. The Morgan fingerprint density at radius 3 is 1.92 bits per heavy atom. The van der Waals surface area contributed by atoms with E-state index in [0.717, 1.165) is 44.8 Å². The Labute approximate surface area is 306 Å². The van der Waals surface area contributed by atoms with Crippen LogP contribution in [0.15, 0.2) is 158 Å². The van der Waals surface area contributed by atoms with E-state index in [2.05, 4.69) is 155 Å². The number of rotatable bonds is 1. The molecule has 244 valence electrons. The van der Waals surface area contributed by atoms with E-state index in [4.69, 9.17) is 9.97 Å². The number of para-hydroxylation sites is 4. The van der Waals surface area contributed by atoms with Gasteiger partial charge in [-0.05, 0) is 58.8 Å². The van der Waals surface area contributed by atoms with Gasteiger partial charge in [0.2, 0.25) is 0 Å². The second kappa shape index (κ2) is 9.94. The molecule has 0 amide bonds. The number of aromatic nitrogens is 4. The molecule has 1 aliphatic rings. The lowest BCUT2D eigenvalue weighted by Gasteiger charge is -2.13. The van der Waals surface area contributed by atoms with Gasteiger partial charge in [-0.25, -0.2) is 9.97 Å². The van der Waals surface area contributed by atoms with Crippen molar-refractivity contribution in [3.63, 3.8) is 0 Å². The molecule has 12 aromatic rings. The number of nitrogens with zero attached hydrogens (tertiary/aromatic N) is 4. The van der Waals surface area contributed by atoms with Crippen LogP contribution in [0.5, 0.6) is 0 Å². The third-order valence-electron chi connectivity index (χ3n) is 11.4. The van der Waals surface area contributed by atoms with Gasteiger partial charge >= 0.3 is 0 Å². The van der Waals surface area contributed by atoms with Crippen LogP contribution >= 0.6 is 11.3 Å². The molecule has 0 bridgehead atoms. The summed E-state index contributed by atoms with van der Waals surface area (Å²) >= 11 is 1.90. The number of hydrogen-bond acceptors (Lipinski definition) is 3. The minimum absolute atomic E-state index is 0.865. The fourth-order valence-electron chi connectivity index (χ4n) is 9.28. The molecule has 5 heterocycles. The van der Waals surface area contributed by atoms with Gasteiger partial charge in [-0.1, -0.05) is 115 Å². The lowest BCUT2D eigenvalue weighted by Crippen LogP contribution is -2.02. The highest BCUT2D eigenvalue weighted by molar-refractivity contribution is 7.27. The molecule has 0 spiro atoms. The maximum atomic E-state index is 5.36. The van der Waals surface area contributed by atoms with E-state index in [9.17, 15) is 0 Å². The lowest BCUT2D eigenvalue weighted by molar-refractivity contribution is 1.08. The molecule has 13 rings (SSSR count). The molecular formula is C48H26N4S. The quantitative estimate of drug-likeness (QED) is 0.172. The van der Waals surface area contributed by atoms with Crippen molar-refractivity contribution in [2.45, 2.75) is 0 Å². The number of fused-ring (bicyclic) bond motifs is 19. The first-order chi connectivity index (χ1) is 26.3. The van der Waals surface area contributed by atoms with Crippen molar-refractivity contribution < 1.29 is 0 Å². The normalized spacial score (nSPS) is 12.5. The summed E-state index contributed by atoms with van der Waals surface area (Å²) in [5.41, 5.74) is 12.1. The average molecular weight is 691 g/mol. The standard InChI is InChI=1S/C48H26N4S/c1-4-15-31-28(12-1)32-18-11-19-33-36-26-27(24-25-40(36)52(45(32)33)48-44(31)49-37-20-7-8-21-38(37)50-48)51-39-22-9-5-16-34(39)42-29-13-2-3-14-30(29)43-35-17-6-10-23-41(35)53-47(43)46(42)51/h1-26H. The van der Waals surface area contributed by atoms with E-state index in [1.165, 1.54) is 74.6 Å². The Kier molecular flexibility index (Phi) is 5.22. The van der Waals surface area contributed by atoms with E-state index in [1.54, 1.807) is 0 Å². The fraction of sp³-hybridized carbons (Fsp3) is 0. The predicted molar refractivity (Wildman–Crippen MR) is 223 cm³/mol. The zero-order chi connectivity index (χ0) is 34.4. The average Bonchev–Trinajstić information content (AvgIpc) is 3.86. The van der Waals surface area contributed by atoms with Crippen molar-refractivity contribution in [1.29, 1.82) is 0 Å². The fourth-order valence-corrected chi connectivity index (χ4v) is 10.5. The molecule has 0 saturated heterocycles. The molecule has 8 aromatic carbocycles. The predicted octanol–water partition coefficient (Wildman–Crippen LogP) is 13.0. The van der Waals surface area contributed by atoms with Crippen LogP contribution in [-0.2, 0) is 0 Å². The highest BCUT2D eigenvalue weighted by Crippen LogP contribution is 2.49. The van der Waals surface area contributed by atoms with Gasteiger partial charge in [0.05, 0.1) is 37.8 Å². The highest BCUT2D eigenvalue weighted by atomic mass is 32.1. The smallest absolute Gasteiger partial charge is 0.165 e. The number of benzene rings is 8. The third kappa shape index (κ3) is 3.50. The van der Waals surface area contributed by atoms with Crippen molar-refractivity contribution >= 4 is 96.9 Å². The molecule has 53 heavy (non-hydrogen) atoms. The van der Waals surface area contributed by atoms with E-state index in [0.29, 0.717) is 0 Å². The second-order valence-electron chi connectivity index (χ2n) is 14.1. The van der Waals surface area contributed by atoms with Crippen molar-refractivity contribution in [3.05, 3.63) is 158 Å². The Hall–Kier alpha value is -6.82. The van der Waals surface area contributed by atoms with Crippen LogP contribution in [0.1, 0.15) is 0 Å². The molecular weight excluding hydrogens is 665 g/mol. The van der Waals surface area contributed by atoms with E-state index < -0.39 is 0 Å². The number of hydrogen-bond donors (Lipinski definition) is 0. The third-order valence-corrected chi connectivity index (χ3v) is 12.6. The van der Waals surface area contributed by atoms with Crippen molar-refractivity contribution in [1.82, 2.24) is 19.1 Å². The molecule has 0 atom stereocenters. The first-order valence-electron chi connectivity index (χ1n) is 18.0. The van der Waals surface area contributed by atoms with Crippen molar-refractivity contribution in [2.75, 3.05) is 0 Å². The summed E-state index contributed by atoms with van der Waals surface area (Å²) in [4.78, 5) is 10.6. The van der Waals surface area contributed by atoms with Gasteiger partial charge in [0.1, 0.15) is 5.69 Å². The van der Waals surface area contributed by atoms with Crippen LogP contribution in [0, 0.1) is 0 Å². The molecule has 1 aliphatic heterocycles. The Morgan fingerprint density at radius 2 is 1.06 bits per heavy atom. The van der Waals surface area contributed by atoms with Crippen LogP contribution in [-0.4, -0.2) is 19.1 Å². The summed E-state index contributed by atoms with van der Waals surface area (Å²) in [7, 11) is 0. The summed E-state index contributed by atoms with van der Waals surface area (Å²) in [5.74, 6) is 0.865. The van der Waals surface area contributed by atoms with E-state index in [1.807, 2.05) is 23.5 Å². The van der Waals surface area contributed by atoms with Gasteiger partial charge in [0.15, 0.2) is 5.82 Å². The van der Waals surface area contributed by atoms with Gasteiger partial charge < -0.3 is 4.57 Å². The van der Waals surface area contributed by atoms with Crippen LogP contribution in [0.25, 0.3) is 119 Å². The number of thiophene rings is 1. The monoisotopic (exact) mass is 690 g/mol. The summed E-state index contributed by atoms with van der Waals surface area (Å²) in [5, 5.41) is 10.2. The van der Waals surface area contributed by atoms with Crippen LogP contribution < -0.4 is 0 Å². The van der Waals surface area contributed by atoms with Crippen molar-refractivity contribution in [2.24, 2.45) is 0 Å². The van der Waals surface area contributed by atoms with Gasteiger partial charge in [-0.3, -0.25) is 4.57 Å². The first-order valence-corrected chi connectivity index (χ1v) is 18.8. The van der Waals surface area contributed by atoms with Gasteiger partial charge in [0, 0.05) is 53.8 Å². The van der Waals surface area contributed by atoms with Crippen molar-refractivity contribution in [3.8, 4) is 33.9 Å². The Bertz CT molecular complexity index is 3580. The summed E-state index contributed by atoms with van der Waals surface area (Å²) in [6, 6.07) is 57.3. The van der Waals surface area contributed by atoms with E-state index in [-0.39, 0.29) is 0 Å². The second-order valence-corrected chi connectivity index (χ2v) is 15.1. The molecule has 5 heteroatoms. The lowest BCUT2D eigenvalue weighted by atomic mass is 9.96. The minimum Gasteiger partial charge on any atom is -0.308 e. The Balaban J connectivity index is 1.20. The largest absolute Gasteiger partial charge is 0.308 e. The molecule has 0 fully saturated rings. The summed E-state index contributed by atoms with van der Waals surface area (Å²) in [6.07, 6.45) is 0. The molecule has 0 N–H and O–H groups in total. The zero-order valence-electron chi connectivity index (χ0n) is 28.2. The van der Waals surface area contributed by atoms with Crippen LogP contribution in [0.2, 0.25) is 0 Å². The molecule has 0 saturated carbocycles. The maximum Gasteiger partial charge on any atom is 0.165 e. The molecule has 4 aromatic heterocycles. The first kappa shape index (κ1) is 27.8.